The second kappa shape index (κ2) is 6.17. The highest BCUT2D eigenvalue weighted by Crippen LogP contribution is 2.35. The summed E-state index contributed by atoms with van der Waals surface area (Å²) in [6.07, 6.45) is 3.73. The topological polar surface area (TPSA) is 46.1 Å². The van der Waals surface area contributed by atoms with E-state index >= 15 is 0 Å². The summed E-state index contributed by atoms with van der Waals surface area (Å²) in [6, 6.07) is 14.2. The zero-order valence-electron chi connectivity index (χ0n) is 13.3. The minimum atomic E-state index is -0.0323. The third-order valence-electron chi connectivity index (χ3n) is 4.50. The molecule has 1 amide bonds. The van der Waals surface area contributed by atoms with E-state index in [1.54, 1.807) is 6.20 Å². The molecule has 4 nitrogen and oxygen atoms in total. The van der Waals surface area contributed by atoms with E-state index in [-0.39, 0.29) is 11.9 Å². The second-order valence-corrected chi connectivity index (χ2v) is 6.78. The third kappa shape index (κ3) is 2.61. The number of pyridine rings is 1. The van der Waals surface area contributed by atoms with E-state index in [2.05, 4.69) is 28.2 Å². The Morgan fingerprint density at radius 1 is 1.21 bits per heavy atom. The van der Waals surface area contributed by atoms with Gasteiger partial charge in [0.25, 0.3) is 5.91 Å². The summed E-state index contributed by atoms with van der Waals surface area (Å²) >= 11 is 1.46. The molecule has 1 aliphatic rings. The van der Waals surface area contributed by atoms with Gasteiger partial charge in [0.1, 0.15) is 10.7 Å². The summed E-state index contributed by atoms with van der Waals surface area (Å²) in [5.74, 6) is -0.0323. The fraction of sp³-hybridized carbons (Fsp3) is 0.211. The molecule has 120 valence electrons. The fourth-order valence-electron chi connectivity index (χ4n) is 3.24. The molecule has 3 aromatic rings. The predicted octanol–water partition coefficient (Wildman–Crippen LogP) is 3.96. The molecule has 0 saturated carbocycles. The van der Waals surface area contributed by atoms with Crippen LogP contribution in [0.25, 0.3) is 10.7 Å². The number of carbonyl (C=O) groups excluding carboxylic acids is 1. The number of thiazole rings is 1. The third-order valence-corrected chi connectivity index (χ3v) is 5.36. The summed E-state index contributed by atoms with van der Waals surface area (Å²) in [6.45, 7) is 0. The number of amides is 1. The number of hydrogen-bond acceptors (Lipinski definition) is 4. The first-order valence-electron chi connectivity index (χ1n) is 7.96. The average molecular weight is 335 g/mol. The summed E-state index contributed by atoms with van der Waals surface area (Å²) in [5.41, 5.74) is 3.89. The lowest BCUT2D eigenvalue weighted by Gasteiger charge is -2.24. The number of benzene rings is 1. The highest BCUT2D eigenvalue weighted by molar-refractivity contribution is 7.13. The summed E-state index contributed by atoms with van der Waals surface area (Å²) in [5, 5.41) is 2.60. The SMILES string of the molecule is CN(C(=O)c1csc(-c2ccccn2)n1)C1CCc2ccccc21. The van der Waals surface area contributed by atoms with Crippen molar-refractivity contribution in [2.24, 2.45) is 0 Å². The van der Waals surface area contributed by atoms with Crippen LogP contribution >= 0.6 is 11.3 Å². The number of aryl methyl sites for hydroxylation is 1. The van der Waals surface area contributed by atoms with Crippen LogP contribution in [0.4, 0.5) is 0 Å². The van der Waals surface area contributed by atoms with E-state index in [4.69, 9.17) is 0 Å². The predicted molar refractivity (Wildman–Crippen MR) is 94.9 cm³/mol. The maximum atomic E-state index is 12.8. The molecule has 2 aromatic heterocycles. The van der Waals surface area contributed by atoms with Crippen molar-refractivity contribution in [3.8, 4) is 10.7 Å². The average Bonchev–Trinajstić information content (AvgIpc) is 3.28. The van der Waals surface area contributed by atoms with Crippen molar-refractivity contribution in [3.05, 3.63) is 70.9 Å². The number of aromatic nitrogens is 2. The minimum Gasteiger partial charge on any atom is -0.333 e. The number of hydrogen-bond donors (Lipinski definition) is 0. The van der Waals surface area contributed by atoms with Crippen molar-refractivity contribution < 1.29 is 4.79 Å². The lowest BCUT2D eigenvalue weighted by Crippen LogP contribution is -2.30. The highest BCUT2D eigenvalue weighted by atomic mass is 32.1. The van der Waals surface area contributed by atoms with Crippen LogP contribution in [0.15, 0.2) is 54.0 Å². The maximum Gasteiger partial charge on any atom is 0.273 e. The van der Waals surface area contributed by atoms with Gasteiger partial charge in [-0.1, -0.05) is 30.3 Å². The number of nitrogens with zero attached hydrogens (tertiary/aromatic N) is 3. The molecule has 0 saturated heterocycles. The first kappa shape index (κ1) is 15.0. The van der Waals surface area contributed by atoms with Gasteiger partial charge in [-0.25, -0.2) is 4.98 Å². The molecule has 2 heterocycles. The van der Waals surface area contributed by atoms with E-state index in [9.17, 15) is 4.79 Å². The van der Waals surface area contributed by atoms with Crippen LogP contribution in [-0.4, -0.2) is 27.8 Å². The Kier molecular flexibility index (Phi) is 3.86. The standard InChI is InChI=1S/C19H17N3OS/c1-22(17-10-9-13-6-2-3-7-14(13)17)19(23)16-12-24-18(21-16)15-8-4-5-11-20-15/h2-8,11-12,17H,9-10H2,1H3. The summed E-state index contributed by atoms with van der Waals surface area (Å²) in [4.78, 5) is 23.4. The zero-order chi connectivity index (χ0) is 16.5. The van der Waals surface area contributed by atoms with Gasteiger partial charge in [0.15, 0.2) is 0 Å². The molecular weight excluding hydrogens is 318 g/mol. The molecule has 0 bridgehead atoms. The maximum absolute atomic E-state index is 12.8. The Labute approximate surface area is 144 Å². The van der Waals surface area contributed by atoms with Crippen LogP contribution in [0.5, 0.6) is 0 Å². The van der Waals surface area contributed by atoms with Crippen LogP contribution in [0.3, 0.4) is 0 Å². The lowest BCUT2D eigenvalue weighted by atomic mass is 10.1. The van der Waals surface area contributed by atoms with E-state index in [1.165, 1.54) is 22.5 Å². The van der Waals surface area contributed by atoms with E-state index in [0.717, 1.165) is 23.5 Å². The molecule has 1 unspecified atom stereocenters. The van der Waals surface area contributed by atoms with Gasteiger partial charge in [0.05, 0.1) is 11.7 Å². The molecule has 0 N–H and O–H groups in total. The first-order chi connectivity index (χ1) is 11.7. The molecule has 0 spiro atoms. The molecule has 5 heteroatoms. The van der Waals surface area contributed by atoms with Crippen LogP contribution in [-0.2, 0) is 6.42 Å². The fourth-order valence-corrected chi connectivity index (χ4v) is 4.01. The quantitative estimate of drug-likeness (QED) is 0.728. The Morgan fingerprint density at radius 2 is 2.04 bits per heavy atom. The van der Waals surface area contributed by atoms with Gasteiger partial charge in [-0.2, -0.15) is 0 Å². The molecule has 1 aliphatic carbocycles. The minimum absolute atomic E-state index is 0.0323. The Hall–Kier alpha value is -2.53. The van der Waals surface area contributed by atoms with Gasteiger partial charge in [-0.15, -0.1) is 11.3 Å². The van der Waals surface area contributed by atoms with E-state index in [0.29, 0.717) is 5.69 Å². The zero-order valence-corrected chi connectivity index (χ0v) is 14.2. The van der Waals surface area contributed by atoms with Crippen LogP contribution in [0.2, 0.25) is 0 Å². The van der Waals surface area contributed by atoms with E-state index < -0.39 is 0 Å². The second-order valence-electron chi connectivity index (χ2n) is 5.92. The molecule has 0 radical (unpaired) electrons. The normalized spacial score (nSPS) is 16.0. The van der Waals surface area contributed by atoms with Gasteiger partial charge >= 0.3 is 0 Å². The van der Waals surface area contributed by atoms with Crippen molar-refractivity contribution in [2.45, 2.75) is 18.9 Å². The van der Waals surface area contributed by atoms with Crippen molar-refractivity contribution in [1.29, 1.82) is 0 Å². The van der Waals surface area contributed by atoms with Crippen LogP contribution < -0.4 is 0 Å². The van der Waals surface area contributed by atoms with Crippen LogP contribution in [0.1, 0.15) is 34.1 Å². The van der Waals surface area contributed by atoms with Crippen molar-refractivity contribution in [2.75, 3.05) is 7.05 Å². The van der Waals surface area contributed by atoms with Crippen molar-refractivity contribution in [1.82, 2.24) is 14.9 Å². The largest absolute Gasteiger partial charge is 0.333 e. The van der Waals surface area contributed by atoms with Gasteiger partial charge in [-0.3, -0.25) is 9.78 Å². The number of fused-ring (bicyclic) bond motifs is 1. The molecule has 24 heavy (non-hydrogen) atoms. The molecule has 1 aromatic carbocycles. The van der Waals surface area contributed by atoms with Gasteiger partial charge in [-0.05, 0) is 36.1 Å². The highest BCUT2D eigenvalue weighted by Gasteiger charge is 2.29. The Balaban J connectivity index is 1.57. The Morgan fingerprint density at radius 3 is 2.88 bits per heavy atom. The molecule has 0 fully saturated rings. The van der Waals surface area contributed by atoms with Crippen LogP contribution in [0, 0.1) is 0 Å². The number of rotatable bonds is 3. The molecule has 4 rings (SSSR count). The summed E-state index contributed by atoms with van der Waals surface area (Å²) in [7, 11) is 1.87. The smallest absolute Gasteiger partial charge is 0.273 e. The van der Waals surface area contributed by atoms with Crippen molar-refractivity contribution >= 4 is 17.2 Å². The molecule has 1 atom stereocenters. The Bertz CT molecular complexity index is 875. The van der Waals surface area contributed by atoms with Crippen molar-refractivity contribution in [3.63, 3.8) is 0 Å². The van der Waals surface area contributed by atoms with Gasteiger partial charge in [0, 0.05) is 18.6 Å². The number of carbonyl (C=O) groups is 1. The monoisotopic (exact) mass is 335 g/mol. The summed E-state index contributed by atoms with van der Waals surface area (Å²) < 4.78 is 0. The molecule has 0 aliphatic heterocycles. The lowest BCUT2D eigenvalue weighted by molar-refractivity contribution is 0.0725. The van der Waals surface area contributed by atoms with E-state index in [1.807, 2.05) is 41.6 Å². The van der Waals surface area contributed by atoms with Gasteiger partial charge < -0.3 is 4.90 Å². The molecular formula is C19H17N3OS. The van der Waals surface area contributed by atoms with Gasteiger partial charge in [0.2, 0.25) is 0 Å². The first-order valence-corrected chi connectivity index (χ1v) is 8.84.